The summed E-state index contributed by atoms with van der Waals surface area (Å²) in [7, 11) is 0. The lowest BCUT2D eigenvalue weighted by molar-refractivity contribution is -0.115. The lowest BCUT2D eigenvalue weighted by Crippen LogP contribution is -2.41. The van der Waals surface area contributed by atoms with Crippen molar-refractivity contribution in [1.82, 2.24) is 5.32 Å². The molecule has 0 saturated carbocycles. The first kappa shape index (κ1) is 17.7. The van der Waals surface area contributed by atoms with Crippen molar-refractivity contribution in [3.05, 3.63) is 28.2 Å². The van der Waals surface area contributed by atoms with Gasteiger partial charge in [0.1, 0.15) is 0 Å². The number of nitrogens with one attached hydrogen (secondary N) is 2. The average molecular weight is 357 g/mol. The van der Waals surface area contributed by atoms with E-state index in [4.69, 9.17) is 4.74 Å². The lowest BCUT2D eigenvalue weighted by atomic mass is 10.1. The number of carbonyl (C=O) groups excluding carboxylic acids is 2. The second-order valence-electron chi connectivity index (χ2n) is 5.57. The third-order valence-electron chi connectivity index (χ3n) is 2.53. The molecule has 116 valence electrons. The van der Waals surface area contributed by atoms with E-state index in [1.165, 1.54) is 0 Å². The van der Waals surface area contributed by atoms with Crippen molar-refractivity contribution < 1.29 is 14.3 Å². The molecule has 2 N–H and O–H groups in total. The topological polar surface area (TPSA) is 67.4 Å². The van der Waals surface area contributed by atoms with E-state index in [2.05, 4.69) is 26.6 Å². The first-order valence-electron chi connectivity index (χ1n) is 6.74. The zero-order valence-corrected chi connectivity index (χ0v) is 14.3. The van der Waals surface area contributed by atoms with Crippen LogP contribution in [0, 0.1) is 0 Å². The first-order valence-corrected chi connectivity index (χ1v) is 7.54. The monoisotopic (exact) mass is 356 g/mol. The van der Waals surface area contributed by atoms with Gasteiger partial charge in [-0.2, -0.15) is 0 Å². The molecule has 21 heavy (non-hydrogen) atoms. The van der Waals surface area contributed by atoms with E-state index in [9.17, 15) is 9.59 Å². The van der Waals surface area contributed by atoms with Gasteiger partial charge >= 0.3 is 5.97 Å². The Morgan fingerprint density at radius 3 is 2.48 bits per heavy atom. The van der Waals surface area contributed by atoms with Crippen molar-refractivity contribution in [2.45, 2.75) is 33.2 Å². The van der Waals surface area contributed by atoms with E-state index in [0.29, 0.717) is 22.3 Å². The Labute approximate surface area is 133 Å². The van der Waals surface area contributed by atoms with E-state index < -0.39 is 0 Å². The second kappa shape index (κ2) is 7.56. The highest BCUT2D eigenvalue weighted by atomic mass is 79.9. The molecule has 1 rings (SSSR count). The van der Waals surface area contributed by atoms with Gasteiger partial charge in [0.2, 0.25) is 5.91 Å². The Morgan fingerprint density at radius 2 is 1.95 bits per heavy atom. The van der Waals surface area contributed by atoms with Crippen molar-refractivity contribution >= 4 is 33.5 Å². The van der Waals surface area contributed by atoms with Crippen LogP contribution in [-0.4, -0.2) is 30.6 Å². The van der Waals surface area contributed by atoms with Crippen LogP contribution in [0.25, 0.3) is 0 Å². The summed E-state index contributed by atoms with van der Waals surface area (Å²) in [5.74, 6) is -0.528. The van der Waals surface area contributed by atoms with Crippen molar-refractivity contribution in [3.8, 4) is 0 Å². The molecule has 0 fully saturated rings. The van der Waals surface area contributed by atoms with Crippen LogP contribution in [0.5, 0.6) is 0 Å². The van der Waals surface area contributed by atoms with Crippen LogP contribution < -0.4 is 10.6 Å². The molecule has 1 amide bonds. The molecular weight excluding hydrogens is 336 g/mol. The molecule has 0 unspecified atom stereocenters. The number of anilines is 1. The number of esters is 1. The maximum Gasteiger partial charge on any atom is 0.338 e. The summed E-state index contributed by atoms with van der Waals surface area (Å²) in [5, 5.41) is 5.89. The minimum atomic E-state index is -0.384. The SMILES string of the molecule is CCOC(=O)c1ccc(NC(=O)CNC(C)(C)C)c(Br)c1. The number of benzene rings is 1. The van der Waals surface area contributed by atoms with E-state index in [0.717, 1.165) is 0 Å². The van der Waals surface area contributed by atoms with Crippen molar-refractivity contribution in [2.75, 3.05) is 18.5 Å². The van der Waals surface area contributed by atoms with E-state index >= 15 is 0 Å². The van der Waals surface area contributed by atoms with Gasteiger partial charge in [0.25, 0.3) is 0 Å². The first-order chi connectivity index (χ1) is 9.73. The van der Waals surface area contributed by atoms with Crippen LogP contribution in [0.3, 0.4) is 0 Å². The third kappa shape index (κ3) is 6.27. The molecule has 0 spiro atoms. The largest absolute Gasteiger partial charge is 0.462 e. The lowest BCUT2D eigenvalue weighted by Gasteiger charge is -2.20. The zero-order chi connectivity index (χ0) is 16.0. The highest BCUT2D eigenvalue weighted by Gasteiger charge is 2.13. The zero-order valence-electron chi connectivity index (χ0n) is 12.7. The number of hydrogen-bond acceptors (Lipinski definition) is 4. The van der Waals surface area contributed by atoms with Crippen LogP contribution in [0.4, 0.5) is 5.69 Å². The molecule has 0 atom stereocenters. The van der Waals surface area contributed by atoms with Gasteiger partial charge in [-0.25, -0.2) is 4.79 Å². The number of hydrogen-bond donors (Lipinski definition) is 2. The van der Waals surface area contributed by atoms with Gasteiger partial charge in [-0.05, 0) is 61.8 Å². The van der Waals surface area contributed by atoms with Gasteiger partial charge in [-0.15, -0.1) is 0 Å². The van der Waals surface area contributed by atoms with Gasteiger partial charge in [-0.1, -0.05) is 0 Å². The maximum absolute atomic E-state index is 11.8. The van der Waals surface area contributed by atoms with Crippen molar-refractivity contribution in [1.29, 1.82) is 0 Å². The van der Waals surface area contributed by atoms with E-state index in [-0.39, 0.29) is 24.0 Å². The Hall–Kier alpha value is -1.40. The fourth-order valence-electron chi connectivity index (χ4n) is 1.50. The molecular formula is C15H21BrN2O3. The van der Waals surface area contributed by atoms with E-state index in [1.54, 1.807) is 25.1 Å². The summed E-state index contributed by atoms with van der Waals surface area (Å²) < 4.78 is 5.56. The van der Waals surface area contributed by atoms with Crippen molar-refractivity contribution in [3.63, 3.8) is 0 Å². The Bertz CT molecular complexity index is 524. The average Bonchev–Trinajstić information content (AvgIpc) is 2.38. The van der Waals surface area contributed by atoms with Gasteiger partial charge < -0.3 is 15.4 Å². The summed E-state index contributed by atoms with van der Waals surface area (Å²) in [5.41, 5.74) is 0.931. The fourth-order valence-corrected chi connectivity index (χ4v) is 1.98. The Kier molecular flexibility index (Phi) is 6.36. The molecule has 5 nitrogen and oxygen atoms in total. The van der Waals surface area contributed by atoms with Gasteiger partial charge in [0, 0.05) is 10.0 Å². The molecule has 0 saturated heterocycles. The summed E-state index contributed by atoms with van der Waals surface area (Å²) in [6.07, 6.45) is 0. The molecule has 0 bridgehead atoms. The molecule has 1 aromatic rings. The Balaban J connectivity index is 2.68. The Morgan fingerprint density at radius 1 is 1.29 bits per heavy atom. The summed E-state index contributed by atoms with van der Waals surface area (Å²) in [6, 6.07) is 4.92. The quantitative estimate of drug-likeness (QED) is 0.796. The smallest absolute Gasteiger partial charge is 0.338 e. The van der Waals surface area contributed by atoms with Gasteiger partial charge in [0.15, 0.2) is 0 Å². The molecule has 6 heteroatoms. The number of halogens is 1. The van der Waals surface area contributed by atoms with E-state index in [1.807, 2.05) is 20.8 Å². The fraction of sp³-hybridized carbons (Fsp3) is 0.467. The maximum atomic E-state index is 11.8. The molecule has 0 radical (unpaired) electrons. The number of amides is 1. The van der Waals surface area contributed by atoms with Crippen LogP contribution in [0.1, 0.15) is 38.1 Å². The number of ether oxygens (including phenoxy) is 1. The number of rotatable bonds is 5. The predicted octanol–water partition coefficient (Wildman–Crippen LogP) is 2.95. The molecule has 0 heterocycles. The minimum Gasteiger partial charge on any atom is -0.462 e. The predicted molar refractivity (Wildman–Crippen MR) is 86.5 cm³/mol. The van der Waals surface area contributed by atoms with Crippen LogP contribution in [0.2, 0.25) is 0 Å². The standard InChI is InChI=1S/C15H21BrN2O3/c1-5-21-14(20)10-6-7-12(11(16)8-10)18-13(19)9-17-15(2,3)4/h6-8,17H,5,9H2,1-4H3,(H,18,19). The number of carbonyl (C=O) groups is 2. The molecule has 0 aliphatic heterocycles. The summed E-state index contributed by atoms with van der Waals surface area (Å²) >= 11 is 3.34. The van der Waals surface area contributed by atoms with Crippen molar-refractivity contribution in [2.24, 2.45) is 0 Å². The van der Waals surface area contributed by atoms with Crippen LogP contribution in [-0.2, 0) is 9.53 Å². The van der Waals surface area contributed by atoms with Gasteiger partial charge in [0.05, 0.1) is 24.4 Å². The molecule has 0 aromatic heterocycles. The summed E-state index contributed by atoms with van der Waals surface area (Å²) in [6.45, 7) is 8.27. The molecule has 0 aliphatic carbocycles. The normalized spacial score (nSPS) is 11.1. The second-order valence-corrected chi connectivity index (χ2v) is 6.42. The third-order valence-corrected chi connectivity index (χ3v) is 3.19. The van der Waals surface area contributed by atoms with Crippen LogP contribution >= 0.6 is 15.9 Å². The molecule has 1 aromatic carbocycles. The van der Waals surface area contributed by atoms with Crippen LogP contribution in [0.15, 0.2) is 22.7 Å². The highest BCUT2D eigenvalue weighted by Crippen LogP contribution is 2.24. The minimum absolute atomic E-state index is 0.123. The molecule has 0 aliphatic rings. The van der Waals surface area contributed by atoms with Gasteiger partial charge in [-0.3, -0.25) is 4.79 Å². The highest BCUT2D eigenvalue weighted by molar-refractivity contribution is 9.10. The summed E-state index contributed by atoms with van der Waals surface area (Å²) in [4.78, 5) is 23.4.